The zero-order valence-corrected chi connectivity index (χ0v) is 35.1. The standard InChI is InChI=1S/C44H63N9O4/c1-32-28-39(51-26-24-50(25-27-51)31-38-47-36-16-11-12-17-37(36)48-38)49-40(46-32)45-29-33-18-20-34(21-19-33)30-52(41(54)56-43(2,3)4)22-13-23-53(35-14-9-8-10-15-35)42(55)57-44(5,6)7/h11-12,16-21,28,35H,8-10,13-15,22-27,29-31H2,1-7H3,(H,47,48)(H,45,46,49). The van der Waals surface area contributed by atoms with Gasteiger partial charge in [-0.25, -0.2) is 19.6 Å². The highest BCUT2D eigenvalue weighted by Gasteiger charge is 2.30. The molecular weight excluding hydrogens is 719 g/mol. The molecule has 2 N–H and O–H groups in total. The van der Waals surface area contributed by atoms with E-state index in [1.165, 1.54) is 6.42 Å². The first-order chi connectivity index (χ1) is 27.2. The summed E-state index contributed by atoms with van der Waals surface area (Å²) in [5.74, 6) is 2.53. The number of hydrogen-bond acceptors (Lipinski definition) is 10. The largest absolute Gasteiger partial charge is 0.444 e. The van der Waals surface area contributed by atoms with Gasteiger partial charge in [0, 0.05) is 70.2 Å². The van der Waals surface area contributed by atoms with E-state index in [0.29, 0.717) is 38.5 Å². The topological polar surface area (TPSA) is 132 Å². The maximum atomic E-state index is 13.4. The number of H-pyrrole nitrogens is 1. The van der Waals surface area contributed by atoms with Crippen LogP contribution >= 0.6 is 0 Å². The fourth-order valence-electron chi connectivity index (χ4n) is 7.51. The van der Waals surface area contributed by atoms with Gasteiger partial charge in [0.05, 0.1) is 17.6 Å². The molecule has 13 nitrogen and oxygen atoms in total. The van der Waals surface area contributed by atoms with Crippen molar-refractivity contribution in [3.8, 4) is 0 Å². The predicted molar refractivity (Wildman–Crippen MR) is 225 cm³/mol. The van der Waals surface area contributed by atoms with Crippen LogP contribution in [0.1, 0.15) is 103 Å². The molecule has 13 heteroatoms. The summed E-state index contributed by atoms with van der Waals surface area (Å²) in [6.07, 6.45) is 5.37. The van der Waals surface area contributed by atoms with Crippen LogP contribution in [0.15, 0.2) is 54.6 Å². The predicted octanol–water partition coefficient (Wildman–Crippen LogP) is 8.29. The summed E-state index contributed by atoms with van der Waals surface area (Å²) in [6.45, 7) is 19.7. The summed E-state index contributed by atoms with van der Waals surface area (Å²) in [5, 5.41) is 3.43. The van der Waals surface area contributed by atoms with E-state index in [0.717, 1.165) is 97.9 Å². The number of aromatic nitrogens is 4. The summed E-state index contributed by atoms with van der Waals surface area (Å²) in [5.41, 5.74) is 3.87. The smallest absolute Gasteiger partial charge is 0.410 e. The third-order valence-corrected chi connectivity index (χ3v) is 10.3. The first kappa shape index (κ1) is 41.7. The van der Waals surface area contributed by atoms with Crippen molar-refractivity contribution in [2.75, 3.05) is 49.5 Å². The van der Waals surface area contributed by atoms with Crippen molar-refractivity contribution in [3.05, 3.63) is 77.2 Å². The number of carbonyl (C=O) groups is 2. The Bertz CT molecular complexity index is 1890. The zero-order valence-electron chi connectivity index (χ0n) is 35.1. The number of aromatic amines is 1. The number of fused-ring (bicyclic) bond motifs is 1. The number of benzene rings is 2. The molecule has 2 amide bonds. The maximum absolute atomic E-state index is 13.4. The average molecular weight is 782 g/mol. The molecule has 0 bridgehead atoms. The van der Waals surface area contributed by atoms with E-state index in [-0.39, 0.29) is 18.2 Å². The zero-order chi connectivity index (χ0) is 40.6. The second-order valence-corrected chi connectivity index (χ2v) is 17.5. The Kier molecular flexibility index (Phi) is 13.6. The van der Waals surface area contributed by atoms with E-state index in [2.05, 4.69) is 61.5 Å². The minimum Gasteiger partial charge on any atom is -0.444 e. The average Bonchev–Trinajstić information content (AvgIpc) is 3.57. The summed E-state index contributed by atoms with van der Waals surface area (Å²) >= 11 is 0. The number of nitrogens with zero attached hydrogens (tertiary/aromatic N) is 7. The van der Waals surface area contributed by atoms with Crippen molar-refractivity contribution in [2.45, 2.75) is 124 Å². The van der Waals surface area contributed by atoms with Crippen LogP contribution in [-0.2, 0) is 29.1 Å². The van der Waals surface area contributed by atoms with E-state index in [1.807, 2.05) is 71.6 Å². The lowest BCUT2D eigenvalue weighted by atomic mass is 9.94. The molecule has 2 aromatic carbocycles. The van der Waals surface area contributed by atoms with Crippen molar-refractivity contribution < 1.29 is 19.1 Å². The van der Waals surface area contributed by atoms with E-state index < -0.39 is 11.2 Å². The first-order valence-corrected chi connectivity index (χ1v) is 20.7. The van der Waals surface area contributed by atoms with E-state index in [1.54, 1.807) is 4.90 Å². The minimum absolute atomic E-state index is 0.164. The lowest BCUT2D eigenvalue weighted by molar-refractivity contribution is 0.00969. The maximum Gasteiger partial charge on any atom is 0.410 e. The van der Waals surface area contributed by atoms with Crippen LogP contribution in [0.3, 0.4) is 0 Å². The molecule has 2 aliphatic rings. The van der Waals surface area contributed by atoms with Gasteiger partial charge >= 0.3 is 12.2 Å². The third-order valence-electron chi connectivity index (χ3n) is 10.3. The monoisotopic (exact) mass is 782 g/mol. The molecule has 6 rings (SSSR count). The fourth-order valence-corrected chi connectivity index (χ4v) is 7.51. The molecule has 1 saturated carbocycles. The van der Waals surface area contributed by atoms with Gasteiger partial charge in [0.25, 0.3) is 0 Å². The fraction of sp³-hybridized carbons (Fsp3) is 0.568. The molecule has 0 spiro atoms. The number of imidazole rings is 1. The van der Waals surface area contributed by atoms with Crippen molar-refractivity contribution in [3.63, 3.8) is 0 Å². The number of carbonyl (C=O) groups excluding carboxylic acids is 2. The summed E-state index contributed by atoms with van der Waals surface area (Å²) < 4.78 is 11.6. The SMILES string of the molecule is Cc1cc(N2CCN(Cc3nc4ccccc4[nH]3)CC2)nc(NCc2ccc(CN(CCCN(C(=O)OC(C)(C)C)C3CCCCC3)C(=O)OC(C)(C)C)cc2)n1. The van der Waals surface area contributed by atoms with Gasteiger partial charge in [0.15, 0.2) is 0 Å². The van der Waals surface area contributed by atoms with Crippen LogP contribution in [0, 0.1) is 6.92 Å². The summed E-state index contributed by atoms with van der Waals surface area (Å²) in [7, 11) is 0. The van der Waals surface area contributed by atoms with Crippen LogP contribution in [-0.4, -0.2) is 103 Å². The van der Waals surface area contributed by atoms with Crippen LogP contribution in [0.2, 0.25) is 0 Å². The molecule has 2 fully saturated rings. The first-order valence-electron chi connectivity index (χ1n) is 20.7. The number of anilines is 2. The molecule has 308 valence electrons. The van der Waals surface area contributed by atoms with E-state index in [9.17, 15) is 9.59 Å². The quantitative estimate of drug-likeness (QED) is 0.137. The van der Waals surface area contributed by atoms with Gasteiger partial charge < -0.3 is 34.5 Å². The molecule has 3 heterocycles. The normalized spacial score (nSPS) is 15.7. The number of hydrogen-bond donors (Lipinski definition) is 2. The van der Waals surface area contributed by atoms with Crippen molar-refractivity contribution in [1.29, 1.82) is 0 Å². The van der Waals surface area contributed by atoms with Gasteiger partial charge in [0.2, 0.25) is 5.95 Å². The number of rotatable bonds is 13. The van der Waals surface area contributed by atoms with E-state index in [4.69, 9.17) is 19.4 Å². The lowest BCUT2D eigenvalue weighted by Crippen LogP contribution is -2.46. The number of nitrogens with one attached hydrogen (secondary N) is 2. The van der Waals surface area contributed by atoms with Crippen LogP contribution < -0.4 is 10.2 Å². The molecular formula is C44H63N9O4. The van der Waals surface area contributed by atoms with Gasteiger partial charge in [-0.1, -0.05) is 55.7 Å². The molecule has 1 saturated heterocycles. The highest BCUT2D eigenvalue weighted by molar-refractivity contribution is 5.74. The molecule has 2 aromatic heterocycles. The van der Waals surface area contributed by atoms with Crippen molar-refractivity contribution >= 4 is 35.0 Å². The molecule has 1 aliphatic heterocycles. The third kappa shape index (κ3) is 12.5. The number of para-hydroxylation sites is 2. The number of amides is 2. The van der Waals surface area contributed by atoms with Gasteiger partial charge in [-0.15, -0.1) is 0 Å². The van der Waals surface area contributed by atoms with Crippen LogP contribution in [0.4, 0.5) is 21.4 Å². The Morgan fingerprint density at radius 2 is 1.49 bits per heavy atom. The van der Waals surface area contributed by atoms with Crippen LogP contribution in [0.25, 0.3) is 11.0 Å². The number of aryl methyl sites for hydroxylation is 1. The Morgan fingerprint density at radius 1 is 0.825 bits per heavy atom. The Balaban J connectivity index is 1.02. The van der Waals surface area contributed by atoms with Gasteiger partial charge in [0.1, 0.15) is 22.8 Å². The second kappa shape index (κ2) is 18.6. The Hall–Kier alpha value is -4.91. The van der Waals surface area contributed by atoms with Gasteiger partial charge in [-0.2, -0.15) is 4.98 Å². The minimum atomic E-state index is -0.627. The van der Waals surface area contributed by atoms with Gasteiger partial charge in [-0.3, -0.25) is 4.90 Å². The molecule has 1 aliphatic carbocycles. The van der Waals surface area contributed by atoms with E-state index >= 15 is 0 Å². The highest BCUT2D eigenvalue weighted by atomic mass is 16.6. The lowest BCUT2D eigenvalue weighted by Gasteiger charge is -2.36. The summed E-state index contributed by atoms with van der Waals surface area (Å²) in [6, 6.07) is 18.6. The Labute approximate surface area is 338 Å². The van der Waals surface area contributed by atoms with Gasteiger partial charge in [-0.05, 0) is 91.0 Å². The molecule has 57 heavy (non-hydrogen) atoms. The van der Waals surface area contributed by atoms with Crippen LogP contribution in [0.5, 0.6) is 0 Å². The summed E-state index contributed by atoms with van der Waals surface area (Å²) in [4.78, 5) is 52.9. The molecule has 0 atom stereocenters. The Morgan fingerprint density at radius 3 is 2.18 bits per heavy atom. The molecule has 0 unspecified atom stereocenters. The second-order valence-electron chi connectivity index (χ2n) is 17.5. The molecule has 0 radical (unpaired) electrons. The molecule has 4 aromatic rings. The van der Waals surface area contributed by atoms with Crippen molar-refractivity contribution in [1.82, 2.24) is 34.6 Å². The number of piperazine rings is 1. The number of ether oxygens (including phenoxy) is 2. The van der Waals surface area contributed by atoms with Crippen molar-refractivity contribution in [2.24, 2.45) is 0 Å². The highest BCUT2D eigenvalue weighted by Crippen LogP contribution is 2.25.